The van der Waals surface area contributed by atoms with Crippen LogP contribution in [0, 0.1) is 11.6 Å². The van der Waals surface area contributed by atoms with Gasteiger partial charge < -0.3 is 5.73 Å². The monoisotopic (exact) mass is 221 g/mol. The maximum Gasteiger partial charge on any atom is 0.128 e. The summed E-state index contributed by atoms with van der Waals surface area (Å²) in [7, 11) is 0. The van der Waals surface area contributed by atoms with Gasteiger partial charge in [-0.1, -0.05) is 13.3 Å². The number of hydrogen-bond donors (Lipinski definition) is 1. The van der Waals surface area contributed by atoms with Gasteiger partial charge in [-0.25, -0.2) is 8.78 Å². The van der Waals surface area contributed by atoms with Crippen LogP contribution in [0.1, 0.15) is 31.4 Å². The molecular weight excluding hydrogens is 208 g/mol. The lowest BCUT2D eigenvalue weighted by Gasteiger charge is -2.11. The van der Waals surface area contributed by atoms with Crippen LogP contribution in [0.15, 0.2) is 18.2 Å². The second kappa shape index (κ2) is 5.94. The Morgan fingerprint density at radius 3 is 2.57 bits per heavy atom. The van der Waals surface area contributed by atoms with Gasteiger partial charge in [-0.05, 0) is 24.6 Å². The molecule has 4 heteroatoms. The second-order valence-corrected chi connectivity index (χ2v) is 3.06. The minimum Gasteiger partial charge on any atom is -0.324 e. The van der Waals surface area contributed by atoms with E-state index in [9.17, 15) is 8.78 Å². The van der Waals surface area contributed by atoms with E-state index in [-0.39, 0.29) is 18.0 Å². The van der Waals surface area contributed by atoms with Crippen LogP contribution in [0.25, 0.3) is 0 Å². The van der Waals surface area contributed by atoms with Crippen molar-refractivity contribution >= 4 is 12.4 Å². The maximum atomic E-state index is 13.1. The second-order valence-electron chi connectivity index (χ2n) is 3.06. The molecule has 0 aliphatic rings. The zero-order valence-electron chi connectivity index (χ0n) is 7.97. The Hall–Kier alpha value is -0.670. The van der Waals surface area contributed by atoms with E-state index in [0.29, 0.717) is 6.42 Å². The maximum absolute atomic E-state index is 13.1. The fraction of sp³-hybridized carbons (Fsp3) is 0.400. The van der Waals surface area contributed by atoms with Crippen molar-refractivity contribution in [2.75, 3.05) is 0 Å². The molecule has 0 spiro atoms. The normalized spacial score (nSPS) is 12.0. The smallest absolute Gasteiger partial charge is 0.128 e. The molecule has 0 bridgehead atoms. The highest BCUT2D eigenvalue weighted by Crippen LogP contribution is 2.19. The predicted molar refractivity (Wildman–Crippen MR) is 55.4 cm³/mol. The standard InChI is InChI=1S/C10H13F2N.ClH/c1-2-3-10(13)8-6-7(11)4-5-9(8)12;/h4-6,10H,2-3,13H2,1H3;1H/t10-;/m0./s1. The largest absolute Gasteiger partial charge is 0.324 e. The zero-order chi connectivity index (χ0) is 9.84. The molecule has 0 saturated heterocycles. The van der Waals surface area contributed by atoms with Crippen LogP contribution in [-0.4, -0.2) is 0 Å². The van der Waals surface area contributed by atoms with Gasteiger partial charge >= 0.3 is 0 Å². The van der Waals surface area contributed by atoms with Crippen LogP contribution in [0.5, 0.6) is 0 Å². The highest BCUT2D eigenvalue weighted by molar-refractivity contribution is 5.85. The Bertz CT molecular complexity index is 291. The first-order chi connectivity index (χ1) is 6.15. The molecule has 14 heavy (non-hydrogen) atoms. The lowest BCUT2D eigenvalue weighted by Crippen LogP contribution is -2.11. The molecular formula is C10H14ClF2N. The molecule has 1 atom stereocenters. The van der Waals surface area contributed by atoms with Crippen molar-refractivity contribution in [2.45, 2.75) is 25.8 Å². The predicted octanol–water partition coefficient (Wildman–Crippen LogP) is 3.19. The summed E-state index contributed by atoms with van der Waals surface area (Å²) < 4.78 is 25.8. The Labute approximate surface area is 88.7 Å². The molecule has 1 aromatic carbocycles. The van der Waals surface area contributed by atoms with Crippen molar-refractivity contribution in [2.24, 2.45) is 5.73 Å². The molecule has 1 aromatic rings. The quantitative estimate of drug-likeness (QED) is 0.834. The molecule has 2 N–H and O–H groups in total. The van der Waals surface area contributed by atoms with Crippen molar-refractivity contribution in [1.82, 2.24) is 0 Å². The number of nitrogens with two attached hydrogens (primary N) is 1. The summed E-state index contributed by atoms with van der Waals surface area (Å²) in [5.41, 5.74) is 5.93. The molecule has 0 amide bonds. The average molecular weight is 222 g/mol. The number of rotatable bonds is 3. The minimum absolute atomic E-state index is 0. The zero-order valence-corrected chi connectivity index (χ0v) is 8.78. The van der Waals surface area contributed by atoms with Crippen molar-refractivity contribution in [1.29, 1.82) is 0 Å². The van der Waals surface area contributed by atoms with Gasteiger partial charge in [0.1, 0.15) is 11.6 Å². The lowest BCUT2D eigenvalue weighted by atomic mass is 10.0. The van der Waals surface area contributed by atoms with Gasteiger partial charge in [0.25, 0.3) is 0 Å². The lowest BCUT2D eigenvalue weighted by molar-refractivity contribution is 0.545. The van der Waals surface area contributed by atoms with Crippen LogP contribution in [0.4, 0.5) is 8.78 Å². The fourth-order valence-corrected chi connectivity index (χ4v) is 1.27. The molecule has 0 radical (unpaired) electrons. The van der Waals surface area contributed by atoms with E-state index in [1.165, 1.54) is 0 Å². The van der Waals surface area contributed by atoms with Crippen molar-refractivity contribution < 1.29 is 8.78 Å². The van der Waals surface area contributed by atoms with E-state index in [4.69, 9.17) is 5.73 Å². The highest BCUT2D eigenvalue weighted by Gasteiger charge is 2.10. The van der Waals surface area contributed by atoms with E-state index < -0.39 is 17.7 Å². The van der Waals surface area contributed by atoms with Gasteiger partial charge in [-0.2, -0.15) is 0 Å². The molecule has 0 heterocycles. The van der Waals surface area contributed by atoms with Gasteiger partial charge in [0.2, 0.25) is 0 Å². The van der Waals surface area contributed by atoms with E-state index in [1.807, 2.05) is 6.92 Å². The molecule has 0 saturated carbocycles. The fourth-order valence-electron chi connectivity index (χ4n) is 1.27. The first-order valence-corrected chi connectivity index (χ1v) is 4.35. The molecule has 80 valence electrons. The summed E-state index contributed by atoms with van der Waals surface area (Å²) in [5, 5.41) is 0. The third-order valence-corrected chi connectivity index (χ3v) is 1.96. The van der Waals surface area contributed by atoms with Crippen molar-refractivity contribution in [3.05, 3.63) is 35.4 Å². The average Bonchev–Trinajstić information content (AvgIpc) is 2.09. The van der Waals surface area contributed by atoms with Crippen molar-refractivity contribution in [3.63, 3.8) is 0 Å². The summed E-state index contributed by atoms with van der Waals surface area (Å²) in [5.74, 6) is -0.870. The Balaban J connectivity index is 0.00000169. The molecule has 0 unspecified atom stereocenters. The van der Waals surface area contributed by atoms with Crippen LogP contribution in [0.3, 0.4) is 0 Å². The Morgan fingerprint density at radius 1 is 1.36 bits per heavy atom. The van der Waals surface area contributed by atoms with Crippen molar-refractivity contribution in [3.8, 4) is 0 Å². The molecule has 0 aromatic heterocycles. The molecule has 0 aliphatic carbocycles. The third-order valence-electron chi connectivity index (χ3n) is 1.96. The van der Waals surface area contributed by atoms with E-state index >= 15 is 0 Å². The Morgan fingerprint density at radius 2 is 2.00 bits per heavy atom. The molecule has 0 aliphatic heterocycles. The van der Waals surface area contributed by atoms with Gasteiger partial charge in [0, 0.05) is 11.6 Å². The van der Waals surface area contributed by atoms with E-state index in [2.05, 4.69) is 0 Å². The SMILES string of the molecule is CCC[C@H](N)c1cc(F)ccc1F.Cl. The summed E-state index contributed by atoms with van der Waals surface area (Å²) >= 11 is 0. The molecule has 1 nitrogen and oxygen atoms in total. The summed E-state index contributed by atoms with van der Waals surface area (Å²) in [4.78, 5) is 0. The summed E-state index contributed by atoms with van der Waals surface area (Å²) in [6.45, 7) is 1.96. The van der Waals surface area contributed by atoms with Gasteiger partial charge in [0.05, 0.1) is 0 Å². The topological polar surface area (TPSA) is 26.0 Å². The number of hydrogen-bond acceptors (Lipinski definition) is 1. The minimum atomic E-state index is -0.442. The van der Waals surface area contributed by atoms with Gasteiger partial charge in [-0.3, -0.25) is 0 Å². The van der Waals surface area contributed by atoms with Gasteiger partial charge in [-0.15, -0.1) is 12.4 Å². The van der Waals surface area contributed by atoms with Crippen LogP contribution in [0.2, 0.25) is 0 Å². The van der Waals surface area contributed by atoms with Crippen LogP contribution >= 0.6 is 12.4 Å². The summed E-state index contributed by atoms with van der Waals surface area (Å²) in [6, 6.07) is 2.97. The van der Waals surface area contributed by atoms with Crippen LogP contribution < -0.4 is 5.73 Å². The molecule has 0 fully saturated rings. The number of benzene rings is 1. The molecule has 1 rings (SSSR count). The van der Waals surface area contributed by atoms with E-state index in [0.717, 1.165) is 24.6 Å². The van der Waals surface area contributed by atoms with E-state index in [1.54, 1.807) is 0 Å². The highest BCUT2D eigenvalue weighted by atomic mass is 35.5. The number of halogens is 3. The first-order valence-electron chi connectivity index (χ1n) is 4.35. The Kier molecular flexibility index (Phi) is 5.65. The van der Waals surface area contributed by atoms with Gasteiger partial charge in [0.15, 0.2) is 0 Å². The first kappa shape index (κ1) is 13.3. The summed E-state index contributed by atoms with van der Waals surface area (Å²) in [6.07, 6.45) is 1.53. The van der Waals surface area contributed by atoms with Crippen LogP contribution in [-0.2, 0) is 0 Å². The third kappa shape index (κ3) is 3.24.